The van der Waals surface area contributed by atoms with E-state index < -0.39 is 10.0 Å². The molecule has 0 aliphatic rings. The first kappa shape index (κ1) is 19.5. The number of aryl methyl sites for hydroxylation is 1. The van der Waals surface area contributed by atoms with E-state index in [9.17, 15) is 8.42 Å². The van der Waals surface area contributed by atoms with Gasteiger partial charge in [-0.05, 0) is 64.2 Å². The molecule has 0 bridgehead atoms. The zero-order valence-electron chi connectivity index (χ0n) is 15.9. The lowest BCUT2D eigenvalue weighted by Crippen LogP contribution is -2.23. The van der Waals surface area contributed by atoms with Crippen molar-refractivity contribution in [3.63, 3.8) is 0 Å². The summed E-state index contributed by atoms with van der Waals surface area (Å²) in [5.74, 6) is 0. The Labute approximate surface area is 175 Å². The third-order valence-electron chi connectivity index (χ3n) is 4.67. The largest absolute Gasteiger partial charge is 0.264 e. The van der Waals surface area contributed by atoms with E-state index in [4.69, 9.17) is 0 Å². The van der Waals surface area contributed by atoms with E-state index in [1.807, 2.05) is 66.2 Å². The van der Waals surface area contributed by atoms with Crippen LogP contribution in [0.1, 0.15) is 11.1 Å². The molecule has 0 aliphatic heterocycles. The molecular weight excluding hydrogens is 400 g/mol. The number of aromatic nitrogens is 1. The quantitative estimate of drug-likeness (QED) is 0.463. The first-order valence-electron chi connectivity index (χ1n) is 9.14. The zero-order valence-corrected chi connectivity index (χ0v) is 17.5. The Hall–Kier alpha value is -2.80. The molecule has 2 aromatic carbocycles. The van der Waals surface area contributed by atoms with E-state index in [2.05, 4.69) is 9.71 Å². The van der Waals surface area contributed by atoms with Gasteiger partial charge >= 0.3 is 0 Å². The topological polar surface area (TPSA) is 59.1 Å². The molecule has 0 fully saturated rings. The van der Waals surface area contributed by atoms with Crippen molar-refractivity contribution in [3.05, 3.63) is 94.9 Å². The van der Waals surface area contributed by atoms with E-state index in [0.717, 1.165) is 27.8 Å². The maximum absolute atomic E-state index is 12.7. The molecule has 0 atom stereocenters. The highest BCUT2D eigenvalue weighted by Gasteiger charge is 2.14. The fraction of sp³-hybridized carbons (Fsp3) is 0.0870. The molecule has 146 valence electrons. The van der Waals surface area contributed by atoms with Crippen molar-refractivity contribution >= 4 is 21.4 Å². The number of hydrogen-bond donors (Lipinski definition) is 1. The van der Waals surface area contributed by atoms with Gasteiger partial charge in [0.1, 0.15) is 0 Å². The molecule has 0 saturated carbocycles. The fourth-order valence-electron chi connectivity index (χ4n) is 3.01. The molecule has 6 heteroatoms. The van der Waals surface area contributed by atoms with Crippen molar-refractivity contribution in [1.29, 1.82) is 0 Å². The average Bonchev–Trinajstić information content (AvgIpc) is 3.28. The van der Waals surface area contributed by atoms with Gasteiger partial charge in [0.05, 0.1) is 4.90 Å². The Bertz CT molecular complexity index is 1200. The molecular formula is C23H20N2O2S2. The number of nitrogens with one attached hydrogen (secondary N) is 1. The number of nitrogens with zero attached hydrogens (tertiary/aromatic N) is 1. The summed E-state index contributed by atoms with van der Waals surface area (Å²) >= 11 is 1.62. The van der Waals surface area contributed by atoms with Crippen molar-refractivity contribution in [1.82, 2.24) is 9.71 Å². The SMILES string of the molecule is Cc1ccc(-c2ccc(S(=O)(=O)NCc3cncc(-c4ccsc4)c3)cc2)cc1. The first-order chi connectivity index (χ1) is 14.0. The van der Waals surface area contributed by atoms with Crippen LogP contribution >= 0.6 is 11.3 Å². The van der Waals surface area contributed by atoms with Crippen LogP contribution in [-0.4, -0.2) is 13.4 Å². The zero-order chi connectivity index (χ0) is 20.3. The van der Waals surface area contributed by atoms with Crippen molar-refractivity contribution in [2.24, 2.45) is 0 Å². The molecule has 2 heterocycles. The van der Waals surface area contributed by atoms with Crippen molar-refractivity contribution in [2.75, 3.05) is 0 Å². The van der Waals surface area contributed by atoms with Gasteiger partial charge in [-0.25, -0.2) is 13.1 Å². The monoisotopic (exact) mass is 420 g/mol. The summed E-state index contributed by atoms with van der Waals surface area (Å²) in [5, 5.41) is 4.05. The Kier molecular flexibility index (Phi) is 5.58. The predicted octanol–water partition coefficient (Wildman–Crippen LogP) is 5.26. The molecule has 0 unspecified atom stereocenters. The highest BCUT2D eigenvalue weighted by Crippen LogP contribution is 2.23. The van der Waals surface area contributed by atoms with E-state index in [1.165, 1.54) is 5.56 Å². The number of rotatable bonds is 6. The van der Waals surface area contributed by atoms with E-state index in [-0.39, 0.29) is 11.4 Å². The van der Waals surface area contributed by atoms with Gasteiger partial charge in [-0.15, -0.1) is 0 Å². The number of thiophene rings is 1. The van der Waals surface area contributed by atoms with Crippen LogP contribution in [0.3, 0.4) is 0 Å². The van der Waals surface area contributed by atoms with E-state index in [1.54, 1.807) is 35.9 Å². The highest BCUT2D eigenvalue weighted by atomic mass is 32.2. The molecule has 4 aromatic rings. The Balaban J connectivity index is 1.48. The molecule has 4 nitrogen and oxygen atoms in total. The van der Waals surface area contributed by atoms with Gasteiger partial charge in [-0.2, -0.15) is 11.3 Å². The lowest BCUT2D eigenvalue weighted by Gasteiger charge is -2.09. The lowest BCUT2D eigenvalue weighted by atomic mass is 10.0. The molecule has 1 N–H and O–H groups in total. The van der Waals surface area contributed by atoms with Crippen LogP contribution in [0.4, 0.5) is 0 Å². The maximum atomic E-state index is 12.7. The maximum Gasteiger partial charge on any atom is 0.240 e. The fourth-order valence-corrected chi connectivity index (χ4v) is 4.69. The van der Waals surface area contributed by atoms with Crippen LogP contribution in [0.5, 0.6) is 0 Å². The summed E-state index contributed by atoms with van der Waals surface area (Å²) in [7, 11) is -3.61. The summed E-state index contributed by atoms with van der Waals surface area (Å²) in [6, 6.07) is 19.1. The molecule has 0 spiro atoms. The lowest BCUT2D eigenvalue weighted by molar-refractivity contribution is 0.581. The summed E-state index contributed by atoms with van der Waals surface area (Å²) in [6.07, 6.45) is 3.46. The molecule has 0 amide bonds. The summed E-state index contributed by atoms with van der Waals surface area (Å²) in [4.78, 5) is 4.48. The van der Waals surface area contributed by atoms with Crippen LogP contribution < -0.4 is 4.72 Å². The van der Waals surface area contributed by atoms with Crippen LogP contribution in [-0.2, 0) is 16.6 Å². The predicted molar refractivity (Wildman–Crippen MR) is 118 cm³/mol. The van der Waals surface area contributed by atoms with E-state index in [0.29, 0.717) is 0 Å². The Morgan fingerprint density at radius 1 is 0.862 bits per heavy atom. The van der Waals surface area contributed by atoms with Crippen LogP contribution in [0.15, 0.2) is 88.7 Å². The second-order valence-corrected chi connectivity index (χ2v) is 9.36. The number of hydrogen-bond acceptors (Lipinski definition) is 4. The smallest absolute Gasteiger partial charge is 0.240 e. The van der Waals surface area contributed by atoms with Crippen LogP contribution in [0, 0.1) is 6.92 Å². The van der Waals surface area contributed by atoms with Crippen LogP contribution in [0.2, 0.25) is 0 Å². The van der Waals surface area contributed by atoms with Gasteiger partial charge in [0.2, 0.25) is 10.0 Å². The van der Waals surface area contributed by atoms with Crippen molar-refractivity contribution < 1.29 is 8.42 Å². The summed E-state index contributed by atoms with van der Waals surface area (Å²) < 4.78 is 28.0. The number of pyridine rings is 1. The standard InChI is InChI=1S/C23H20N2O2S2/c1-17-2-4-19(5-3-17)20-6-8-23(9-7-20)29(26,27)25-14-18-12-22(15-24-13-18)21-10-11-28-16-21/h2-13,15-16,25H,14H2,1H3. The molecule has 2 aromatic heterocycles. The molecule has 4 rings (SSSR count). The van der Waals surface area contributed by atoms with Crippen LogP contribution in [0.25, 0.3) is 22.3 Å². The highest BCUT2D eigenvalue weighted by molar-refractivity contribution is 7.89. The second-order valence-electron chi connectivity index (χ2n) is 6.81. The average molecular weight is 421 g/mol. The normalized spacial score (nSPS) is 11.5. The van der Waals surface area contributed by atoms with Gasteiger partial charge in [0.15, 0.2) is 0 Å². The molecule has 0 aliphatic carbocycles. The minimum Gasteiger partial charge on any atom is -0.264 e. The summed E-state index contributed by atoms with van der Waals surface area (Å²) in [6.45, 7) is 2.23. The van der Waals surface area contributed by atoms with E-state index >= 15 is 0 Å². The van der Waals surface area contributed by atoms with Gasteiger partial charge < -0.3 is 0 Å². The van der Waals surface area contributed by atoms with Crippen molar-refractivity contribution in [3.8, 4) is 22.3 Å². The number of sulfonamides is 1. The first-order valence-corrected chi connectivity index (χ1v) is 11.6. The van der Waals surface area contributed by atoms with Crippen molar-refractivity contribution in [2.45, 2.75) is 18.4 Å². The molecule has 0 radical (unpaired) electrons. The second kappa shape index (κ2) is 8.29. The number of benzene rings is 2. The summed E-state index contributed by atoms with van der Waals surface area (Å²) in [5.41, 5.74) is 6.10. The Morgan fingerprint density at radius 2 is 1.55 bits per heavy atom. The third kappa shape index (κ3) is 4.62. The van der Waals surface area contributed by atoms with Gasteiger partial charge in [0, 0.05) is 24.5 Å². The minimum atomic E-state index is -3.61. The minimum absolute atomic E-state index is 0.188. The van der Waals surface area contributed by atoms with Gasteiger partial charge in [-0.3, -0.25) is 4.98 Å². The Morgan fingerprint density at radius 3 is 2.21 bits per heavy atom. The molecule has 29 heavy (non-hydrogen) atoms. The van der Waals surface area contributed by atoms with Gasteiger partial charge in [-0.1, -0.05) is 42.0 Å². The molecule has 0 saturated heterocycles. The third-order valence-corrected chi connectivity index (χ3v) is 6.77. The van der Waals surface area contributed by atoms with Gasteiger partial charge in [0.25, 0.3) is 0 Å².